The maximum atomic E-state index is 13.5. The van der Waals surface area contributed by atoms with E-state index < -0.39 is 17.6 Å². The van der Waals surface area contributed by atoms with Gasteiger partial charge in [0.05, 0.1) is 22.5 Å². The number of rotatable bonds is 6. The molecule has 6 nitrogen and oxygen atoms in total. The van der Waals surface area contributed by atoms with Gasteiger partial charge in [-0.05, 0) is 57.2 Å². The van der Waals surface area contributed by atoms with Gasteiger partial charge in [-0.3, -0.25) is 4.79 Å². The van der Waals surface area contributed by atoms with E-state index in [0.717, 1.165) is 6.07 Å². The van der Waals surface area contributed by atoms with E-state index in [2.05, 4.69) is 10.3 Å². The van der Waals surface area contributed by atoms with E-state index in [1.165, 1.54) is 12.1 Å². The second-order valence-corrected chi connectivity index (χ2v) is 7.89. The van der Waals surface area contributed by atoms with Gasteiger partial charge in [0, 0.05) is 12.3 Å². The number of anilines is 2. The van der Waals surface area contributed by atoms with Gasteiger partial charge in [0.15, 0.2) is 0 Å². The highest BCUT2D eigenvalue weighted by molar-refractivity contribution is 5.99. The smallest absolute Gasteiger partial charge is 0.419 e. The molecule has 0 aliphatic heterocycles. The lowest BCUT2D eigenvalue weighted by atomic mass is 10.1. The summed E-state index contributed by atoms with van der Waals surface area (Å²) < 4.78 is 51.9. The number of aromatic nitrogens is 1. The average Bonchev–Trinajstić information content (AvgIpc) is 2.68. The van der Waals surface area contributed by atoms with E-state index in [1.807, 2.05) is 20.8 Å². The van der Waals surface area contributed by atoms with Crippen LogP contribution in [0.2, 0.25) is 0 Å². The topological polar surface area (TPSA) is 86.5 Å². The molecule has 9 heteroatoms. The highest BCUT2D eigenvalue weighted by Gasteiger charge is 2.34. The molecule has 2 aromatic carbocycles. The molecule has 0 spiro atoms. The first-order valence-electron chi connectivity index (χ1n) is 9.62. The van der Waals surface area contributed by atoms with E-state index in [1.54, 1.807) is 36.4 Å². The van der Waals surface area contributed by atoms with Gasteiger partial charge in [0.1, 0.15) is 17.1 Å². The monoisotopic (exact) mass is 445 g/mol. The molecule has 3 N–H and O–H groups in total. The number of pyridine rings is 1. The van der Waals surface area contributed by atoms with Gasteiger partial charge in [-0.2, -0.15) is 13.2 Å². The molecule has 1 heterocycles. The molecule has 3 rings (SSSR count). The predicted octanol–water partition coefficient (Wildman–Crippen LogP) is 5.91. The summed E-state index contributed by atoms with van der Waals surface area (Å²) in [6.07, 6.45) is -4.01. The molecule has 0 radical (unpaired) electrons. The zero-order chi connectivity index (χ0) is 23.5. The Kier molecular flexibility index (Phi) is 6.29. The number of carbonyl (C=O) groups is 1. The fourth-order valence-electron chi connectivity index (χ4n) is 2.82. The Labute approximate surface area is 183 Å². The second-order valence-electron chi connectivity index (χ2n) is 7.89. The Morgan fingerprint density at radius 1 is 0.969 bits per heavy atom. The molecule has 0 atom stereocenters. The van der Waals surface area contributed by atoms with Gasteiger partial charge in [0.25, 0.3) is 5.91 Å². The Morgan fingerprint density at radius 2 is 1.59 bits per heavy atom. The van der Waals surface area contributed by atoms with E-state index in [9.17, 15) is 18.0 Å². The summed E-state index contributed by atoms with van der Waals surface area (Å²) in [5, 5.41) is 2.63. The first kappa shape index (κ1) is 22.9. The zero-order valence-electron chi connectivity index (χ0n) is 17.7. The summed E-state index contributed by atoms with van der Waals surface area (Å²) in [6.45, 7) is 5.73. The maximum Gasteiger partial charge on any atom is 0.419 e. The standard InChI is InChI=1S/C23H22F3N3O3/c1-22(2,3)32-15-10-8-14(9-11-15)31-20-12-19(17(13-28-20)23(24,25)26)29-18-7-5-4-6-16(18)21(27)30/h4-13H,1-3H3,(H2,27,30)(H,28,29). The Balaban J connectivity index is 1.90. The lowest BCUT2D eigenvalue weighted by Crippen LogP contribution is -2.22. The SMILES string of the molecule is CC(C)(C)Oc1ccc(Oc2cc(Nc3ccccc3C(N)=O)c(C(F)(F)F)cn2)cc1. The van der Waals surface area contributed by atoms with Crippen molar-refractivity contribution in [2.75, 3.05) is 5.32 Å². The third-order valence-electron chi connectivity index (χ3n) is 4.12. The summed E-state index contributed by atoms with van der Waals surface area (Å²) in [4.78, 5) is 15.4. The molecule has 32 heavy (non-hydrogen) atoms. The van der Waals surface area contributed by atoms with Crippen molar-refractivity contribution >= 4 is 17.3 Å². The maximum absolute atomic E-state index is 13.5. The quantitative estimate of drug-likeness (QED) is 0.492. The van der Waals surface area contributed by atoms with Crippen LogP contribution in [-0.2, 0) is 6.18 Å². The van der Waals surface area contributed by atoms with Crippen molar-refractivity contribution in [1.29, 1.82) is 0 Å². The molecule has 0 fully saturated rings. The van der Waals surface area contributed by atoms with Crippen molar-refractivity contribution in [2.24, 2.45) is 5.73 Å². The number of halogens is 3. The number of hydrogen-bond acceptors (Lipinski definition) is 5. The van der Waals surface area contributed by atoms with Crippen molar-refractivity contribution in [1.82, 2.24) is 4.98 Å². The molecule has 3 aromatic rings. The first-order chi connectivity index (χ1) is 14.9. The van der Waals surface area contributed by atoms with Gasteiger partial charge in [0.2, 0.25) is 5.88 Å². The highest BCUT2D eigenvalue weighted by Crippen LogP contribution is 2.38. The van der Waals surface area contributed by atoms with Gasteiger partial charge in [-0.15, -0.1) is 0 Å². The normalized spacial score (nSPS) is 11.7. The van der Waals surface area contributed by atoms with Crippen molar-refractivity contribution in [3.63, 3.8) is 0 Å². The molecule has 0 saturated heterocycles. The molecule has 0 aliphatic rings. The van der Waals surface area contributed by atoms with Crippen LogP contribution in [0.5, 0.6) is 17.4 Å². The number of ether oxygens (including phenoxy) is 2. The summed E-state index contributed by atoms with van der Waals surface area (Å²) in [7, 11) is 0. The van der Waals surface area contributed by atoms with Gasteiger partial charge >= 0.3 is 6.18 Å². The van der Waals surface area contributed by atoms with Crippen molar-refractivity contribution in [3.8, 4) is 17.4 Å². The number of alkyl halides is 3. The molecule has 1 amide bonds. The van der Waals surface area contributed by atoms with E-state index in [4.69, 9.17) is 15.2 Å². The predicted molar refractivity (Wildman–Crippen MR) is 114 cm³/mol. The van der Waals surface area contributed by atoms with E-state index >= 15 is 0 Å². The Bertz CT molecular complexity index is 1110. The average molecular weight is 445 g/mol. The Morgan fingerprint density at radius 3 is 2.19 bits per heavy atom. The fourth-order valence-corrected chi connectivity index (χ4v) is 2.82. The van der Waals surface area contributed by atoms with Crippen LogP contribution in [0.1, 0.15) is 36.7 Å². The number of primary amides is 1. The van der Waals surface area contributed by atoms with Crippen LogP contribution in [0.25, 0.3) is 0 Å². The third kappa shape index (κ3) is 5.90. The summed E-state index contributed by atoms with van der Waals surface area (Å²) in [5.41, 5.74) is 3.79. The molecular weight excluding hydrogens is 423 g/mol. The largest absolute Gasteiger partial charge is 0.488 e. The molecule has 0 aliphatic carbocycles. The van der Waals surface area contributed by atoms with Crippen LogP contribution in [0.4, 0.5) is 24.5 Å². The van der Waals surface area contributed by atoms with Crippen LogP contribution in [-0.4, -0.2) is 16.5 Å². The first-order valence-corrected chi connectivity index (χ1v) is 9.62. The van der Waals surface area contributed by atoms with Crippen molar-refractivity contribution in [3.05, 3.63) is 71.9 Å². The summed E-state index contributed by atoms with van der Waals surface area (Å²) in [6, 6.07) is 13.7. The number of nitrogens with zero attached hydrogens (tertiary/aromatic N) is 1. The molecule has 0 unspecified atom stereocenters. The van der Waals surface area contributed by atoms with Crippen molar-refractivity contribution in [2.45, 2.75) is 32.5 Å². The summed E-state index contributed by atoms with van der Waals surface area (Å²) in [5.74, 6) is 0.143. The summed E-state index contributed by atoms with van der Waals surface area (Å²) >= 11 is 0. The van der Waals surface area contributed by atoms with Crippen molar-refractivity contribution < 1.29 is 27.4 Å². The minimum absolute atomic E-state index is 0.0503. The zero-order valence-corrected chi connectivity index (χ0v) is 17.7. The van der Waals surface area contributed by atoms with Crippen LogP contribution in [0.3, 0.4) is 0 Å². The fraction of sp³-hybridized carbons (Fsp3) is 0.217. The molecular formula is C23H22F3N3O3. The van der Waals surface area contributed by atoms with E-state index in [-0.39, 0.29) is 28.4 Å². The lowest BCUT2D eigenvalue weighted by Gasteiger charge is -2.21. The van der Waals surface area contributed by atoms with Crippen LogP contribution in [0.15, 0.2) is 60.8 Å². The van der Waals surface area contributed by atoms with Gasteiger partial charge < -0.3 is 20.5 Å². The lowest BCUT2D eigenvalue weighted by molar-refractivity contribution is -0.137. The number of carbonyl (C=O) groups excluding carboxylic acids is 1. The second kappa shape index (κ2) is 8.78. The van der Waals surface area contributed by atoms with Gasteiger partial charge in [-0.1, -0.05) is 12.1 Å². The number of para-hydroxylation sites is 1. The number of nitrogens with one attached hydrogen (secondary N) is 1. The number of amides is 1. The number of benzene rings is 2. The van der Waals surface area contributed by atoms with Crippen LogP contribution >= 0.6 is 0 Å². The van der Waals surface area contributed by atoms with Crippen LogP contribution in [0, 0.1) is 0 Å². The molecule has 0 saturated carbocycles. The molecule has 0 bridgehead atoms. The molecule has 1 aromatic heterocycles. The van der Waals surface area contributed by atoms with Crippen LogP contribution < -0.4 is 20.5 Å². The minimum atomic E-state index is -4.68. The van der Waals surface area contributed by atoms with Gasteiger partial charge in [-0.25, -0.2) is 4.98 Å². The number of hydrogen-bond donors (Lipinski definition) is 2. The minimum Gasteiger partial charge on any atom is -0.488 e. The Hall–Kier alpha value is -3.75. The molecule has 168 valence electrons. The highest BCUT2D eigenvalue weighted by atomic mass is 19.4. The van der Waals surface area contributed by atoms with E-state index in [0.29, 0.717) is 17.7 Å². The number of nitrogens with two attached hydrogens (primary N) is 1. The third-order valence-corrected chi connectivity index (χ3v) is 4.12.